The number of hydrogen-bond donors (Lipinski definition) is 2. The van der Waals surface area contributed by atoms with Crippen molar-refractivity contribution in [3.05, 3.63) is 60.1 Å². The third-order valence-electron chi connectivity index (χ3n) is 3.18. The number of aliphatic hydroxyl groups is 1. The quantitative estimate of drug-likeness (QED) is 0.847. The smallest absolute Gasteiger partial charge is 0.239 e. The van der Waals surface area contributed by atoms with E-state index < -0.39 is 12.1 Å². The monoisotopic (exact) mass is 288 g/mol. The van der Waals surface area contributed by atoms with Crippen molar-refractivity contribution < 1.29 is 14.3 Å². The molecule has 0 spiro atoms. The summed E-state index contributed by atoms with van der Waals surface area (Å²) in [6.45, 7) is 2.18. The van der Waals surface area contributed by atoms with E-state index in [0.717, 1.165) is 5.56 Å². The van der Waals surface area contributed by atoms with Crippen LogP contribution in [0.2, 0.25) is 0 Å². The predicted octanol–water partition coefficient (Wildman–Crippen LogP) is 1.69. The van der Waals surface area contributed by atoms with Gasteiger partial charge in [-0.3, -0.25) is 4.79 Å². The molecule has 1 aromatic heterocycles. The number of nitrogens with two attached hydrogens (primary N) is 1. The minimum atomic E-state index is -0.869. The molecule has 21 heavy (non-hydrogen) atoms. The molecule has 0 saturated carbocycles. The van der Waals surface area contributed by atoms with Gasteiger partial charge in [0.15, 0.2) is 0 Å². The number of nitrogens with zero attached hydrogens (tertiary/aromatic N) is 1. The second-order valence-electron chi connectivity index (χ2n) is 5.02. The van der Waals surface area contributed by atoms with Crippen LogP contribution in [0.1, 0.15) is 24.4 Å². The van der Waals surface area contributed by atoms with E-state index in [-0.39, 0.29) is 12.5 Å². The van der Waals surface area contributed by atoms with Gasteiger partial charge >= 0.3 is 0 Å². The SMILES string of the molecule is C[C@H](N)C(=O)N(Cc1ccccc1)CC(O)c1ccco1. The third-order valence-corrected chi connectivity index (χ3v) is 3.18. The van der Waals surface area contributed by atoms with Crippen LogP contribution in [0.25, 0.3) is 0 Å². The summed E-state index contributed by atoms with van der Waals surface area (Å²) in [5.74, 6) is 0.231. The zero-order valence-electron chi connectivity index (χ0n) is 12.0. The van der Waals surface area contributed by atoms with E-state index in [1.54, 1.807) is 24.0 Å². The molecule has 5 heteroatoms. The minimum absolute atomic E-state index is 0.142. The molecule has 112 valence electrons. The van der Waals surface area contributed by atoms with Crippen LogP contribution < -0.4 is 5.73 Å². The second-order valence-corrected chi connectivity index (χ2v) is 5.02. The number of carbonyl (C=O) groups is 1. The molecule has 0 saturated heterocycles. The van der Waals surface area contributed by atoms with Gasteiger partial charge in [-0.05, 0) is 24.6 Å². The number of benzene rings is 1. The summed E-state index contributed by atoms with van der Waals surface area (Å²) in [6.07, 6.45) is 0.624. The molecule has 2 rings (SSSR count). The molecule has 5 nitrogen and oxygen atoms in total. The first-order valence-electron chi connectivity index (χ1n) is 6.87. The van der Waals surface area contributed by atoms with E-state index in [4.69, 9.17) is 10.2 Å². The van der Waals surface area contributed by atoms with Crippen LogP contribution in [0.5, 0.6) is 0 Å². The average Bonchev–Trinajstić information content (AvgIpc) is 3.01. The van der Waals surface area contributed by atoms with Crippen molar-refractivity contribution in [1.82, 2.24) is 4.90 Å². The molecule has 3 N–H and O–H groups in total. The average molecular weight is 288 g/mol. The Bertz CT molecular complexity index is 552. The number of hydrogen-bond acceptors (Lipinski definition) is 4. The summed E-state index contributed by atoms with van der Waals surface area (Å²) in [4.78, 5) is 13.8. The van der Waals surface area contributed by atoms with Crippen molar-refractivity contribution >= 4 is 5.91 Å². The fourth-order valence-electron chi connectivity index (χ4n) is 2.10. The molecule has 0 fully saturated rings. The number of amides is 1. The molecule has 1 unspecified atom stereocenters. The zero-order chi connectivity index (χ0) is 15.2. The van der Waals surface area contributed by atoms with Gasteiger partial charge < -0.3 is 20.2 Å². The fourth-order valence-corrected chi connectivity index (χ4v) is 2.10. The minimum Gasteiger partial charge on any atom is -0.467 e. The molecule has 0 aliphatic rings. The highest BCUT2D eigenvalue weighted by molar-refractivity contribution is 5.81. The van der Waals surface area contributed by atoms with E-state index in [2.05, 4.69) is 0 Å². The van der Waals surface area contributed by atoms with E-state index >= 15 is 0 Å². The van der Waals surface area contributed by atoms with Gasteiger partial charge in [-0.25, -0.2) is 0 Å². The molecule has 1 heterocycles. The predicted molar refractivity (Wildman–Crippen MR) is 79.2 cm³/mol. The van der Waals surface area contributed by atoms with Gasteiger partial charge in [-0.1, -0.05) is 30.3 Å². The molecule has 2 aromatic rings. The molecule has 1 amide bonds. The maximum atomic E-state index is 12.2. The normalized spacial score (nSPS) is 13.7. The molecule has 2 atom stereocenters. The molecule has 0 radical (unpaired) electrons. The van der Waals surface area contributed by atoms with E-state index in [1.165, 1.54) is 6.26 Å². The van der Waals surface area contributed by atoms with Crippen LogP contribution in [0.15, 0.2) is 53.1 Å². The molecular formula is C16H20N2O3. The van der Waals surface area contributed by atoms with Crippen molar-refractivity contribution in [1.29, 1.82) is 0 Å². The van der Waals surface area contributed by atoms with Gasteiger partial charge in [0.1, 0.15) is 11.9 Å². The number of furan rings is 1. The summed E-state index contributed by atoms with van der Waals surface area (Å²) in [5.41, 5.74) is 6.67. The van der Waals surface area contributed by atoms with Crippen molar-refractivity contribution in [2.24, 2.45) is 5.73 Å². The van der Waals surface area contributed by atoms with Crippen molar-refractivity contribution in [3.8, 4) is 0 Å². The number of carbonyl (C=O) groups excluding carboxylic acids is 1. The summed E-state index contributed by atoms with van der Waals surface area (Å²) < 4.78 is 5.17. The standard InChI is InChI=1S/C16H20N2O3/c1-12(17)16(20)18(10-13-6-3-2-4-7-13)11-14(19)15-8-5-9-21-15/h2-9,12,14,19H,10-11,17H2,1H3/t12-,14?/m0/s1. The lowest BCUT2D eigenvalue weighted by Crippen LogP contribution is -2.43. The van der Waals surface area contributed by atoms with Crippen LogP contribution in [0.4, 0.5) is 0 Å². The van der Waals surface area contributed by atoms with Gasteiger partial charge in [0.05, 0.1) is 18.8 Å². The molecule has 0 bridgehead atoms. The van der Waals surface area contributed by atoms with Gasteiger partial charge in [0, 0.05) is 6.54 Å². The summed E-state index contributed by atoms with van der Waals surface area (Å²) in [7, 11) is 0. The maximum absolute atomic E-state index is 12.2. The van der Waals surface area contributed by atoms with Crippen LogP contribution >= 0.6 is 0 Å². The first kappa shape index (κ1) is 15.3. The molecule has 1 aromatic carbocycles. The molecule has 0 aliphatic carbocycles. The maximum Gasteiger partial charge on any atom is 0.239 e. The Balaban J connectivity index is 2.10. The second kappa shape index (κ2) is 7.06. The van der Waals surface area contributed by atoms with Crippen LogP contribution in [-0.2, 0) is 11.3 Å². The summed E-state index contributed by atoms with van der Waals surface area (Å²) in [6, 6.07) is 12.4. The Hall–Kier alpha value is -2.11. The Kier molecular flexibility index (Phi) is 5.14. The fraction of sp³-hybridized carbons (Fsp3) is 0.312. The zero-order valence-corrected chi connectivity index (χ0v) is 12.0. The van der Waals surface area contributed by atoms with Crippen molar-refractivity contribution in [2.45, 2.75) is 25.6 Å². The lowest BCUT2D eigenvalue weighted by molar-refractivity contribution is -0.134. The molecule has 0 aliphatic heterocycles. The number of rotatable bonds is 6. The van der Waals surface area contributed by atoms with Gasteiger partial charge in [-0.2, -0.15) is 0 Å². The summed E-state index contributed by atoms with van der Waals surface area (Å²) in [5, 5.41) is 10.2. The molecular weight excluding hydrogens is 268 g/mol. The Morgan fingerprint density at radius 2 is 2.00 bits per heavy atom. The third kappa shape index (κ3) is 4.18. The Labute approximate surface area is 124 Å². The number of aliphatic hydroxyl groups excluding tert-OH is 1. The van der Waals surface area contributed by atoms with E-state index in [9.17, 15) is 9.90 Å². The van der Waals surface area contributed by atoms with E-state index in [1.807, 2.05) is 30.3 Å². The lowest BCUT2D eigenvalue weighted by Gasteiger charge is -2.26. The van der Waals surface area contributed by atoms with Crippen molar-refractivity contribution in [2.75, 3.05) is 6.54 Å². The van der Waals surface area contributed by atoms with Gasteiger partial charge in [0.25, 0.3) is 0 Å². The van der Waals surface area contributed by atoms with Crippen molar-refractivity contribution in [3.63, 3.8) is 0 Å². The Morgan fingerprint density at radius 1 is 1.29 bits per heavy atom. The highest BCUT2D eigenvalue weighted by atomic mass is 16.4. The lowest BCUT2D eigenvalue weighted by atomic mass is 10.1. The van der Waals surface area contributed by atoms with Gasteiger partial charge in [-0.15, -0.1) is 0 Å². The summed E-state index contributed by atoms with van der Waals surface area (Å²) >= 11 is 0. The highest BCUT2D eigenvalue weighted by Gasteiger charge is 2.22. The Morgan fingerprint density at radius 3 is 2.57 bits per heavy atom. The first-order valence-corrected chi connectivity index (χ1v) is 6.87. The van der Waals surface area contributed by atoms with Crippen LogP contribution in [0, 0.1) is 0 Å². The van der Waals surface area contributed by atoms with Gasteiger partial charge in [0.2, 0.25) is 5.91 Å². The highest BCUT2D eigenvalue weighted by Crippen LogP contribution is 2.16. The largest absolute Gasteiger partial charge is 0.467 e. The topological polar surface area (TPSA) is 79.7 Å². The first-order chi connectivity index (χ1) is 10.1. The van der Waals surface area contributed by atoms with E-state index in [0.29, 0.717) is 12.3 Å². The van der Waals surface area contributed by atoms with Crippen LogP contribution in [-0.4, -0.2) is 28.5 Å². The van der Waals surface area contributed by atoms with Crippen LogP contribution in [0.3, 0.4) is 0 Å².